The van der Waals surface area contributed by atoms with Gasteiger partial charge in [-0.05, 0) is 39.4 Å². The van der Waals surface area contributed by atoms with Gasteiger partial charge in [0.05, 0.1) is 0 Å². The second kappa shape index (κ2) is 3.89. The second-order valence-corrected chi connectivity index (χ2v) is 3.53. The smallest absolute Gasteiger partial charge is 0.0140 e. The highest BCUT2D eigenvalue weighted by molar-refractivity contribution is 4.76. The Morgan fingerprint density at radius 1 is 1.00 bits per heavy atom. The minimum absolute atomic E-state index is 1.05. The summed E-state index contributed by atoms with van der Waals surface area (Å²) < 4.78 is 0. The zero-order valence-electron chi connectivity index (χ0n) is 7.31. The molecule has 0 radical (unpaired) electrons. The van der Waals surface area contributed by atoms with Crippen LogP contribution in [0.2, 0.25) is 0 Å². The SMILES string of the molecule is CC1CC1C.CN(C)C. The fraction of sp³-hybridized carbons (Fsp3) is 1.00. The standard InChI is InChI=1S/C5H10.C3H9N/c1-4-3-5(4)2;1-4(2)3/h4-5H,3H2,1-2H3;1-3H3. The molecule has 0 aromatic heterocycles. The molecule has 1 heteroatoms. The molecule has 1 aliphatic carbocycles. The molecular formula is C8H19N. The van der Waals surface area contributed by atoms with Gasteiger partial charge in [-0.3, -0.25) is 0 Å². The molecule has 0 saturated heterocycles. The lowest BCUT2D eigenvalue weighted by atomic mass is 10.4. The topological polar surface area (TPSA) is 3.24 Å². The van der Waals surface area contributed by atoms with Gasteiger partial charge in [0.25, 0.3) is 0 Å². The highest BCUT2D eigenvalue weighted by Crippen LogP contribution is 2.36. The summed E-state index contributed by atoms with van der Waals surface area (Å²) in [7, 11) is 6.00. The van der Waals surface area contributed by atoms with Gasteiger partial charge in [0.15, 0.2) is 0 Å². The van der Waals surface area contributed by atoms with Crippen LogP contribution in [0.5, 0.6) is 0 Å². The van der Waals surface area contributed by atoms with Crippen molar-refractivity contribution >= 4 is 0 Å². The first-order chi connectivity index (χ1) is 4.04. The van der Waals surface area contributed by atoms with E-state index in [1.807, 2.05) is 26.0 Å². The van der Waals surface area contributed by atoms with Crippen LogP contribution in [0.15, 0.2) is 0 Å². The summed E-state index contributed by atoms with van der Waals surface area (Å²) in [6.07, 6.45) is 1.47. The van der Waals surface area contributed by atoms with Crippen LogP contribution in [0.1, 0.15) is 20.3 Å². The highest BCUT2D eigenvalue weighted by atomic mass is 15.0. The first-order valence-corrected chi connectivity index (χ1v) is 3.65. The zero-order chi connectivity index (χ0) is 7.44. The van der Waals surface area contributed by atoms with Crippen LogP contribution in [-0.4, -0.2) is 26.0 Å². The Labute approximate surface area is 59.1 Å². The predicted molar refractivity (Wildman–Crippen MR) is 42.6 cm³/mol. The van der Waals surface area contributed by atoms with Gasteiger partial charge < -0.3 is 4.90 Å². The highest BCUT2D eigenvalue weighted by Gasteiger charge is 2.26. The maximum absolute atomic E-state index is 2.30. The van der Waals surface area contributed by atoms with Crippen LogP contribution in [-0.2, 0) is 0 Å². The van der Waals surface area contributed by atoms with Crippen molar-refractivity contribution in [2.45, 2.75) is 20.3 Å². The normalized spacial score (nSPS) is 31.3. The molecule has 2 atom stereocenters. The molecule has 0 N–H and O–H groups in total. The average molecular weight is 129 g/mol. The minimum Gasteiger partial charge on any atom is -0.312 e. The van der Waals surface area contributed by atoms with Crippen molar-refractivity contribution in [2.75, 3.05) is 21.1 Å². The molecule has 0 spiro atoms. The summed E-state index contributed by atoms with van der Waals surface area (Å²) in [5.41, 5.74) is 0. The lowest BCUT2D eigenvalue weighted by Crippen LogP contribution is -1.99. The molecule has 0 bridgehead atoms. The van der Waals surface area contributed by atoms with Gasteiger partial charge in [-0.25, -0.2) is 0 Å². The van der Waals surface area contributed by atoms with Gasteiger partial charge in [0.1, 0.15) is 0 Å². The maximum Gasteiger partial charge on any atom is -0.0140 e. The van der Waals surface area contributed by atoms with Crippen molar-refractivity contribution in [1.82, 2.24) is 4.90 Å². The molecule has 0 heterocycles. The molecule has 1 rings (SSSR count). The third-order valence-corrected chi connectivity index (χ3v) is 1.51. The Balaban J connectivity index is 0.000000148. The van der Waals surface area contributed by atoms with Gasteiger partial charge in [0.2, 0.25) is 0 Å². The Kier molecular flexibility index (Phi) is 3.87. The molecule has 1 saturated carbocycles. The van der Waals surface area contributed by atoms with Gasteiger partial charge >= 0.3 is 0 Å². The molecule has 0 aromatic carbocycles. The monoisotopic (exact) mass is 129 g/mol. The van der Waals surface area contributed by atoms with Crippen LogP contribution >= 0.6 is 0 Å². The summed E-state index contributed by atoms with van der Waals surface area (Å²) >= 11 is 0. The molecule has 0 aliphatic heterocycles. The van der Waals surface area contributed by atoms with Crippen LogP contribution in [0.4, 0.5) is 0 Å². The number of hydrogen-bond acceptors (Lipinski definition) is 1. The maximum atomic E-state index is 2.30. The molecule has 9 heavy (non-hydrogen) atoms. The Hall–Kier alpha value is -0.0400. The first-order valence-electron chi connectivity index (χ1n) is 3.65. The average Bonchev–Trinajstić information content (AvgIpc) is 2.16. The fourth-order valence-electron chi connectivity index (χ4n) is 0.508. The molecule has 1 nitrogen and oxygen atoms in total. The summed E-state index contributed by atoms with van der Waals surface area (Å²) in [6.45, 7) is 4.59. The van der Waals surface area contributed by atoms with E-state index in [1.165, 1.54) is 6.42 Å². The van der Waals surface area contributed by atoms with Crippen molar-refractivity contribution < 1.29 is 0 Å². The van der Waals surface area contributed by atoms with Crippen LogP contribution in [0.25, 0.3) is 0 Å². The third kappa shape index (κ3) is 7.96. The molecule has 56 valence electrons. The van der Waals surface area contributed by atoms with Crippen LogP contribution in [0, 0.1) is 11.8 Å². The van der Waals surface area contributed by atoms with E-state index in [1.54, 1.807) is 0 Å². The summed E-state index contributed by atoms with van der Waals surface area (Å²) in [5.74, 6) is 2.10. The zero-order valence-corrected chi connectivity index (χ0v) is 7.31. The number of nitrogens with zero attached hydrogens (tertiary/aromatic N) is 1. The van der Waals surface area contributed by atoms with E-state index in [2.05, 4.69) is 13.8 Å². The van der Waals surface area contributed by atoms with E-state index in [-0.39, 0.29) is 0 Å². The Morgan fingerprint density at radius 2 is 1.11 bits per heavy atom. The van der Waals surface area contributed by atoms with Gasteiger partial charge in [0, 0.05) is 0 Å². The van der Waals surface area contributed by atoms with Crippen molar-refractivity contribution in [3.05, 3.63) is 0 Å². The molecule has 1 fully saturated rings. The third-order valence-electron chi connectivity index (χ3n) is 1.51. The van der Waals surface area contributed by atoms with E-state index in [4.69, 9.17) is 0 Å². The molecule has 1 aliphatic rings. The lowest BCUT2D eigenvalue weighted by Gasteiger charge is -1.90. The second-order valence-electron chi connectivity index (χ2n) is 3.53. The Bertz CT molecular complexity index is 60.2. The quantitative estimate of drug-likeness (QED) is 0.482. The van der Waals surface area contributed by atoms with Crippen LogP contribution < -0.4 is 0 Å². The largest absolute Gasteiger partial charge is 0.312 e. The lowest BCUT2D eigenvalue weighted by molar-refractivity contribution is 0.505. The van der Waals surface area contributed by atoms with Crippen molar-refractivity contribution in [1.29, 1.82) is 0 Å². The fourth-order valence-corrected chi connectivity index (χ4v) is 0.508. The summed E-state index contributed by atoms with van der Waals surface area (Å²) in [4.78, 5) is 2.00. The van der Waals surface area contributed by atoms with E-state index in [9.17, 15) is 0 Å². The number of hydrogen-bond donors (Lipinski definition) is 0. The molecule has 2 unspecified atom stereocenters. The van der Waals surface area contributed by atoms with Crippen molar-refractivity contribution in [3.63, 3.8) is 0 Å². The Morgan fingerprint density at radius 3 is 1.11 bits per heavy atom. The van der Waals surface area contributed by atoms with Crippen molar-refractivity contribution in [3.8, 4) is 0 Å². The van der Waals surface area contributed by atoms with E-state index >= 15 is 0 Å². The van der Waals surface area contributed by atoms with E-state index in [0.717, 1.165) is 11.8 Å². The molecule has 0 aromatic rings. The first kappa shape index (κ1) is 8.96. The van der Waals surface area contributed by atoms with Crippen molar-refractivity contribution in [2.24, 2.45) is 11.8 Å². The predicted octanol–water partition coefficient (Wildman–Crippen LogP) is 1.84. The minimum atomic E-state index is 1.05. The van der Waals surface area contributed by atoms with E-state index < -0.39 is 0 Å². The van der Waals surface area contributed by atoms with E-state index in [0.29, 0.717) is 0 Å². The van der Waals surface area contributed by atoms with Gasteiger partial charge in [-0.1, -0.05) is 13.8 Å². The van der Waals surface area contributed by atoms with Gasteiger partial charge in [-0.15, -0.1) is 0 Å². The summed E-state index contributed by atoms with van der Waals surface area (Å²) in [5, 5.41) is 0. The van der Waals surface area contributed by atoms with Crippen LogP contribution in [0.3, 0.4) is 0 Å². The van der Waals surface area contributed by atoms with Gasteiger partial charge in [-0.2, -0.15) is 0 Å². The number of rotatable bonds is 0. The molecule has 0 amide bonds. The summed E-state index contributed by atoms with van der Waals surface area (Å²) in [6, 6.07) is 0. The molecular weight excluding hydrogens is 110 g/mol.